The van der Waals surface area contributed by atoms with E-state index < -0.39 is 15.8 Å². The fourth-order valence-electron chi connectivity index (χ4n) is 3.29. The highest BCUT2D eigenvalue weighted by Crippen LogP contribution is 2.24. The van der Waals surface area contributed by atoms with Crippen LogP contribution in [0, 0.1) is 5.92 Å². The molecule has 0 spiro atoms. The summed E-state index contributed by atoms with van der Waals surface area (Å²) in [7, 11) is -3.02. The van der Waals surface area contributed by atoms with E-state index in [9.17, 15) is 18.0 Å². The second kappa shape index (κ2) is 7.00. The molecule has 0 radical (unpaired) electrons. The van der Waals surface area contributed by atoms with Gasteiger partial charge in [0.15, 0.2) is 16.4 Å². The molecule has 6 nitrogen and oxygen atoms in total. The van der Waals surface area contributed by atoms with E-state index in [1.54, 1.807) is 6.20 Å². The zero-order chi connectivity index (χ0) is 18.0. The SMILES string of the molecule is CCc1cccc2c(C(=O)COC(=O)C[C@@H]3CCS(=O)(=O)C3)c[nH]c12. The summed E-state index contributed by atoms with van der Waals surface area (Å²) >= 11 is 0. The molecule has 1 aliphatic rings. The van der Waals surface area contributed by atoms with E-state index in [1.807, 2.05) is 25.1 Å². The molecule has 1 aromatic heterocycles. The first-order valence-electron chi connectivity index (χ1n) is 8.38. The minimum atomic E-state index is -3.02. The van der Waals surface area contributed by atoms with Crippen molar-refractivity contribution >= 4 is 32.5 Å². The smallest absolute Gasteiger partial charge is 0.306 e. The summed E-state index contributed by atoms with van der Waals surface area (Å²) in [4.78, 5) is 27.4. The van der Waals surface area contributed by atoms with Crippen molar-refractivity contribution in [2.24, 2.45) is 5.92 Å². The van der Waals surface area contributed by atoms with Crippen molar-refractivity contribution in [1.29, 1.82) is 0 Å². The van der Waals surface area contributed by atoms with Crippen molar-refractivity contribution in [3.63, 3.8) is 0 Å². The van der Waals surface area contributed by atoms with Gasteiger partial charge in [-0.05, 0) is 24.3 Å². The predicted octanol–water partition coefficient (Wildman–Crippen LogP) is 2.28. The molecule has 0 amide bonds. The number of H-pyrrole nitrogens is 1. The standard InChI is InChI=1S/C18H21NO5S/c1-2-13-4-3-5-14-15(9-19-18(13)14)16(20)10-24-17(21)8-12-6-7-25(22,23)11-12/h3-5,9,12,19H,2,6-8,10-11H2,1H3/t12-/m0/s1. The van der Waals surface area contributed by atoms with Crippen molar-refractivity contribution in [2.45, 2.75) is 26.2 Å². The Morgan fingerprint density at radius 1 is 1.32 bits per heavy atom. The average Bonchev–Trinajstić information content (AvgIpc) is 3.15. The van der Waals surface area contributed by atoms with Gasteiger partial charge < -0.3 is 9.72 Å². The maximum Gasteiger partial charge on any atom is 0.306 e. The van der Waals surface area contributed by atoms with Crippen LogP contribution < -0.4 is 0 Å². The third-order valence-electron chi connectivity index (χ3n) is 4.63. The van der Waals surface area contributed by atoms with Crippen LogP contribution in [0.4, 0.5) is 0 Å². The second-order valence-corrected chi connectivity index (χ2v) is 8.68. The summed E-state index contributed by atoms with van der Waals surface area (Å²) in [6, 6.07) is 5.77. The van der Waals surface area contributed by atoms with Crippen LogP contribution in [0.3, 0.4) is 0 Å². The van der Waals surface area contributed by atoms with Crippen molar-refractivity contribution in [2.75, 3.05) is 18.1 Å². The molecule has 1 fully saturated rings. The lowest BCUT2D eigenvalue weighted by Crippen LogP contribution is -2.17. The molecular weight excluding hydrogens is 342 g/mol. The Hall–Kier alpha value is -2.15. The predicted molar refractivity (Wildman–Crippen MR) is 94.3 cm³/mol. The molecule has 1 aliphatic heterocycles. The highest BCUT2D eigenvalue weighted by molar-refractivity contribution is 7.91. The quantitative estimate of drug-likeness (QED) is 0.628. The Bertz CT molecular complexity index is 913. The number of aromatic amines is 1. The highest BCUT2D eigenvalue weighted by atomic mass is 32.2. The Balaban J connectivity index is 1.60. The minimum Gasteiger partial charge on any atom is -0.457 e. The van der Waals surface area contributed by atoms with Crippen LogP contribution in [-0.4, -0.2) is 43.3 Å². The van der Waals surface area contributed by atoms with Crippen molar-refractivity contribution in [3.05, 3.63) is 35.5 Å². The molecule has 7 heteroatoms. The van der Waals surface area contributed by atoms with Gasteiger partial charge in [0.05, 0.1) is 11.5 Å². The van der Waals surface area contributed by atoms with Gasteiger partial charge in [0, 0.05) is 29.1 Å². The molecule has 0 bridgehead atoms. The number of aromatic nitrogens is 1. The number of carbonyl (C=O) groups is 2. The average molecular weight is 363 g/mol. The third kappa shape index (κ3) is 3.92. The maximum atomic E-state index is 12.4. The Kier molecular flexibility index (Phi) is 4.94. The summed E-state index contributed by atoms with van der Waals surface area (Å²) in [5.74, 6) is -0.846. The van der Waals surface area contributed by atoms with E-state index in [0.29, 0.717) is 12.0 Å². The number of Topliss-reactive ketones (excluding diaryl/α,β-unsaturated/α-hetero) is 1. The van der Waals surface area contributed by atoms with E-state index in [1.165, 1.54) is 0 Å². The third-order valence-corrected chi connectivity index (χ3v) is 6.47. The van der Waals surface area contributed by atoms with Gasteiger partial charge in [0.1, 0.15) is 0 Å². The number of rotatable bonds is 6. The minimum absolute atomic E-state index is 0.0261. The lowest BCUT2D eigenvalue weighted by molar-refractivity contribution is -0.143. The van der Waals surface area contributed by atoms with Crippen LogP contribution >= 0.6 is 0 Å². The zero-order valence-corrected chi connectivity index (χ0v) is 14.9. The van der Waals surface area contributed by atoms with E-state index in [0.717, 1.165) is 22.9 Å². The zero-order valence-electron chi connectivity index (χ0n) is 14.1. The number of nitrogens with one attached hydrogen (secondary N) is 1. The summed E-state index contributed by atoms with van der Waals surface area (Å²) in [5.41, 5.74) is 2.55. The van der Waals surface area contributed by atoms with Crippen molar-refractivity contribution in [3.8, 4) is 0 Å². The van der Waals surface area contributed by atoms with E-state index in [2.05, 4.69) is 4.98 Å². The summed E-state index contributed by atoms with van der Waals surface area (Å²) < 4.78 is 27.9. The Morgan fingerprint density at radius 3 is 2.80 bits per heavy atom. The molecule has 0 unspecified atom stereocenters. The summed E-state index contributed by atoms with van der Waals surface area (Å²) in [6.07, 6.45) is 3.02. The number of para-hydroxylation sites is 1. The van der Waals surface area contributed by atoms with Crippen LogP contribution in [0.2, 0.25) is 0 Å². The maximum absolute atomic E-state index is 12.4. The highest BCUT2D eigenvalue weighted by Gasteiger charge is 2.30. The molecule has 0 saturated carbocycles. The fraction of sp³-hybridized carbons (Fsp3) is 0.444. The first-order valence-corrected chi connectivity index (χ1v) is 10.2. The summed E-state index contributed by atoms with van der Waals surface area (Å²) in [5, 5.41) is 0.822. The van der Waals surface area contributed by atoms with E-state index >= 15 is 0 Å². The van der Waals surface area contributed by atoms with Gasteiger partial charge in [-0.1, -0.05) is 25.1 Å². The van der Waals surface area contributed by atoms with E-state index in [4.69, 9.17) is 4.74 Å². The van der Waals surface area contributed by atoms with Gasteiger partial charge in [0.2, 0.25) is 5.78 Å². The monoisotopic (exact) mass is 363 g/mol. The number of esters is 1. The molecule has 25 heavy (non-hydrogen) atoms. The molecule has 1 N–H and O–H groups in total. The van der Waals surface area contributed by atoms with Crippen molar-refractivity contribution < 1.29 is 22.7 Å². The molecule has 2 heterocycles. The number of ether oxygens (including phenoxy) is 1. The first-order chi connectivity index (χ1) is 11.9. The number of sulfone groups is 1. The molecule has 0 aliphatic carbocycles. The number of ketones is 1. The molecule has 134 valence electrons. The number of carbonyl (C=O) groups excluding carboxylic acids is 2. The van der Waals surface area contributed by atoms with Gasteiger partial charge >= 0.3 is 5.97 Å². The number of benzene rings is 1. The van der Waals surface area contributed by atoms with Crippen molar-refractivity contribution in [1.82, 2.24) is 4.98 Å². The van der Waals surface area contributed by atoms with Crippen LogP contribution in [0.15, 0.2) is 24.4 Å². The Morgan fingerprint density at radius 2 is 2.12 bits per heavy atom. The summed E-state index contributed by atoms with van der Waals surface area (Å²) in [6.45, 7) is 1.71. The topological polar surface area (TPSA) is 93.3 Å². The number of hydrogen-bond donors (Lipinski definition) is 1. The first kappa shape index (κ1) is 17.7. The molecule has 1 saturated heterocycles. The van der Waals surface area contributed by atoms with Crippen LogP contribution in [0.5, 0.6) is 0 Å². The van der Waals surface area contributed by atoms with Crippen LogP contribution in [0.25, 0.3) is 10.9 Å². The number of hydrogen-bond acceptors (Lipinski definition) is 5. The van der Waals surface area contributed by atoms with Gasteiger partial charge in [-0.15, -0.1) is 0 Å². The lowest BCUT2D eigenvalue weighted by Gasteiger charge is -2.07. The molecule has 1 aromatic carbocycles. The Labute approximate surface area is 146 Å². The van der Waals surface area contributed by atoms with E-state index in [-0.39, 0.29) is 36.2 Å². The van der Waals surface area contributed by atoms with Crippen LogP contribution in [-0.2, 0) is 25.8 Å². The van der Waals surface area contributed by atoms with Crippen LogP contribution in [0.1, 0.15) is 35.7 Å². The van der Waals surface area contributed by atoms with Gasteiger partial charge in [-0.3, -0.25) is 9.59 Å². The fourth-order valence-corrected chi connectivity index (χ4v) is 5.16. The normalized spacial score (nSPS) is 19.2. The molecule has 3 rings (SSSR count). The van der Waals surface area contributed by atoms with Gasteiger partial charge in [0.25, 0.3) is 0 Å². The number of fused-ring (bicyclic) bond motifs is 1. The molecule has 1 atom stereocenters. The van der Waals surface area contributed by atoms with Gasteiger partial charge in [-0.25, -0.2) is 8.42 Å². The largest absolute Gasteiger partial charge is 0.457 e. The van der Waals surface area contributed by atoms with Gasteiger partial charge in [-0.2, -0.15) is 0 Å². The second-order valence-electron chi connectivity index (χ2n) is 6.45. The molecule has 2 aromatic rings. The molecular formula is C18H21NO5S. The number of aryl methyl sites for hydroxylation is 1. The lowest BCUT2D eigenvalue weighted by atomic mass is 10.0.